The van der Waals surface area contributed by atoms with Gasteiger partial charge in [-0.1, -0.05) is 56.1 Å². The number of rotatable bonds is 0. The molecule has 17 heavy (non-hydrogen) atoms. The van der Waals surface area contributed by atoms with Crippen molar-refractivity contribution in [3.05, 3.63) is 56.5 Å². The minimum atomic E-state index is 0.663. The maximum absolute atomic E-state index is 5.72. The Morgan fingerprint density at radius 2 is 1.24 bits per heavy atom. The van der Waals surface area contributed by atoms with Gasteiger partial charge in [0.05, 0.1) is 13.2 Å². The Hall–Kier alpha value is -0.640. The van der Waals surface area contributed by atoms with Crippen molar-refractivity contribution in [3.63, 3.8) is 0 Å². The summed E-state index contributed by atoms with van der Waals surface area (Å²) in [6.07, 6.45) is 0. The van der Waals surface area contributed by atoms with Gasteiger partial charge < -0.3 is 4.74 Å². The van der Waals surface area contributed by atoms with Crippen LogP contribution in [0.5, 0.6) is 0 Å². The van der Waals surface area contributed by atoms with E-state index in [1.807, 2.05) is 12.1 Å². The molecule has 0 spiro atoms. The molecular formula is C14H10Br2O. The standard InChI is InChI=1S/C14H10Br2O/c15-11-5-1-3-9-7-17-8-10-4-2-6-12(16)14(10)13(9)11/h1-6H,7-8H2. The number of halogens is 2. The molecule has 0 unspecified atom stereocenters. The number of hydrogen-bond acceptors (Lipinski definition) is 1. The largest absolute Gasteiger partial charge is 0.372 e. The predicted octanol–water partition coefficient (Wildman–Crippen LogP) is 4.91. The Morgan fingerprint density at radius 1 is 0.765 bits per heavy atom. The van der Waals surface area contributed by atoms with Gasteiger partial charge >= 0.3 is 0 Å². The highest BCUT2D eigenvalue weighted by Gasteiger charge is 2.18. The van der Waals surface area contributed by atoms with E-state index in [9.17, 15) is 0 Å². The summed E-state index contributed by atoms with van der Waals surface area (Å²) in [7, 11) is 0. The van der Waals surface area contributed by atoms with Crippen molar-refractivity contribution in [2.24, 2.45) is 0 Å². The molecule has 0 saturated heterocycles. The average molecular weight is 354 g/mol. The molecule has 0 atom stereocenters. The molecule has 86 valence electrons. The third kappa shape index (κ3) is 1.96. The second kappa shape index (κ2) is 4.56. The van der Waals surface area contributed by atoms with E-state index in [0.29, 0.717) is 13.2 Å². The summed E-state index contributed by atoms with van der Waals surface area (Å²) in [5.41, 5.74) is 4.94. The van der Waals surface area contributed by atoms with Gasteiger partial charge in [-0.05, 0) is 23.3 Å². The van der Waals surface area contributed by atoms with Crippen LogP contribution in [0.2, 0.25) is 0 Å². The molecule has 0 bridgehead atoms. The van der Waals surface area contributed by atoms with Crippen LogP contribution in [-0.4, -0.2) is 0 Å². The maximum atomic E-state index is 5.72. The first kappa shape index (κ1) is 11.5. The number of ether oxygens (including phenoxy) is 1. The molecule has 0 N–H and O–H groups in total. The van der Waals surface area contributed by atoms with Crippen LogP contribution >= 0.6 is 31.9 Å². The molecule has 1 aliphatic rings. The van der Waals surface area contributed by atoms with Crippen molar-refractivity contribution in [2.75, 3.05) is 0 Å². The van der Waals surface area contributed by atoms with Gasteiger partial charge in [-0.2, -0.15) is 0 Å². The SMILES string of the molecule is Brc1cccc2c1-c1c(Br)cccc1COC2. The number of benzene rings is 2. The van der Waals surface area contributed by atoms with Crippen LogP contribution in [0.4, 0.5) is 0 Å². The smallest absolute Gasteiger partial charge is 0.0727 e. The number of fused-ring (bicyclic) bond motifs is 3. The van der Waals surface area contributed by atoms with E-state index in [1.54, 1.807) is 0 Å². The monoisotopic (exact) mass is 352 g/mol. The Labute approximate surface area is 117 Å². The van der Waals surface area contributed by atoms with Crippen LogP contribution in [-0.2, 0) is 18.0 Å². The lowest BCUT2D eigenvalue weighted by Crippen LogP contribution is -1.90. The zero-order valence-corrected chi connectivity index (χ0v) is 12.2. The summed E-state index contributed by atoms with van der Waals surface area (Å²) in [6, 6.07) is 12.5. The molecule has 3 heteroatoms. The predicted molar refractivity (Wildman–Crippen MR) is 75.8 cm³/mol. The Kier molecular flexibility index (Phi) is 3.07. The first-order valence-electron chi connectivity index (χ1n) is 5.40. The van der Waals surface area contributed by atoms with Crippen molar-refractivity contribution in [2.45, 2.75) is 13.2 Å². The van der Waals surface area contributed by atoms with E-state index in [-0.39, 0.29) is 0 Å². The van der Waals surface area contributed by atoms with E-state index in [1.165, 1.54) is 22.3 Å². The molecule has 0 saturated carbocycles. The van der Waals surface area contributed by atoms with Crippen molar-refractivity contribution in [1.29, 1.82) is 0 Å². The molecule has 1 heterocycles. The molecule has 0 aromatic heterocycles. The lowest BCUT2D eigenvalue weighted by molar-refractivity contribution is 0.110. The van der Waals surface area contributed by atoms with Gasteiger partial charge in [0.2, 0.25) is 0 Å². The first-order valence-corrected chi connectivity index (χ1v) is 6.99. The molecular weight excluding hydrogens is 344 g/mol. The topological polar surface area (TPSA) is 9.23 Å². The van der Waals surface area contributed by atoms with E-state index in [0.717, 1.165) is 8.95 Å². The van der Waals surface area contributed by atoms with Crippen LogP contribution < -0.4 is 0 Å². The fourth-order valence-electron chi connectivity index (χ4n) is 2.21. The minimum Gasteiger partial charge on any atom is -0.372 e. The van der Waals surface area contributed by atoms with Crippen molar-refractivity contribution in [3.8, 4) is 11.1 Å². The van der Waals surface area contributed by atoms with E-state index in [2.05, 4.69) is 56.1 Å². The summed E-state index contributed by atoms with van der Waals surface area (Å²) in [4.78, 5) is 0. The molecule has 0 amide bonds. The fourth-order valence-corrected chi connectivity index (χ4v) is 3.42. The Morgan fingerprint density at radius 3 is 1.71 bits per heavy atom. The summed E-state index contributed by atoms with van der Waals surface area (Å²) in [5, 5.41) is 0. The normalized spacial score (nSPS) is 13.8. The highest BCUT2D eigenvalue weighted by atomic mass is 79.9. The van der Waals surface area contributed by atoms with Gasteiger partial charge in [0, 0.05) is 20.1 Å². The molecule has 0 fully saturated rings. The molecule has 0 radical (unpaired) electrons. The van der Waals surface area contributed by atoms with E-state index in [4.69, 9.17) is 4.74 Å². The number of hydrogen-bond donors (Lipinski definition) is 0. The third-order valence-electron chi connectivity index (χ3n) is 2.96. The van der Waals surface area contributed by atoms with Gasteiger partial charge in [0.25, 0.3) is 0 Å². The molecule has 3 rings (SSSR count). The average Bonchev–Trinajstić information content (AvgIpc) is 2.50. The van der Waals surface area contributed by atoms with Gasteiger partial charge in [-0.3, -0.25) is 0 Å². The highest BCUT2D eigenvalue weighted by Crippen LogP contribution is 2.40. The molecule has 1 aliphatic heterocycles. The minimum absolute atomic E-state index is 0.663. The molecule has 2 aromatic rings. The van der Waals surface area contributed by atoms with Crippen LogP contribution in [0.3, 0.4) is 0 Å². The fraction of sp³-hybridized carbons (Fsp3) is 0.143. The van der Waals surface area contributed by atoms with E-state index < -0.39 is 0 Å². The maximum Gasteiger partial charge on any atom is 0.0727 e. The zero-order chi connectivity index (χ0) is 11.8. The second-order valence-electron chi connectivity index (χ2n) is 4.04. The van der Waals surface area contributed by atoms with Gasteiger partial charge in [0.15, 0.2) is 0 Å². The first-order chi connectivity index (χ1) is 8.27. The summed E-state index contributed by atoms with van der Waals surface area (Å²) in [6.45, 7) is 1.33. The quantitative estimate of drug-likeness (QED) is 0.653. The summed E-state index contributed by atoms with van der Waals surface area (Å²) < 4.78 is 7.95. The Balaban J connectivity index is 2.37. The highest BCUT2D eigenvalue weighted by molar-refractivity contribution is 9.11. The molecule has 0 aliphatic carbocycles. The third-order valence-corrected chi connectivity index (χ3v) is 4.29. The van der Waals surface area contributed by atoms with Crippen LogP contribution in [0, 0.1) is 0 Å². The van der Waals surface area contributed by atoms with Gasteiger partial charge in [-0.25, -0.2) is 0 Å². The van der Waals surface area contributed by atoms with Gasteiger partial charge in [0.1, 0.15) is 0 Å². The zero-order valence-electron chi connectivity index (χ0n) is 9.04. The lowest BCUT2D eigenvalue weighted by atomic mass is 9.97. The van der Waals surface area contributed by atoms with E-state index >= 15 is 0 Å². The van der Waals surface area contributed by atoms with Crippen molar-refractivity contribution in [1.82, 2.24) is 0 Å². The Bertz CT molecular complexity index is 527. The molecule has 1 nitrogen and oxygen atoms in total. The van der Waals surface area contributed by atoms with Crippen LogP contribution in [0.1, 0.15) is 11.1 Å². The van der Waals surface area contributed by atoms with Crippen LogP contribution in [0.15, 0.2) is 45.3 Å². The van der Waals surface area contributed by atoms with Crippen molar-refractivity contribution < 1.29 is 4.74 Å². The molecule has 2 aromatic carbocycles. The van der Waals surface area contributed by atoms with Crippen molar-refractivity contribution >= 4 is 31.9 Å². The second-order valence-corrected chi connectivity index (χ2v) is 5.75. The van der Waals surface area contributed by atoms with Crippen LogP contribution in [0.25, 0.3) is 11.1 Å². The van der Waals surface area contributed by atoms with Gasteiger partial charge in [-0.15, -0.1) is 0 Å². The summed E-state index contributed by atoms with van der Waals surface area (Å²) in [5.74, 6) is 0. The summed E-state index contributed by atoms with van der Waals surface area (Å²) >= 11 is 7.29. The lowest BCUT2D eigenvalue weighted by Gasteiger charge is -2.12.